The van der Waals surface area contributed by atoms with Crippen LogP contribution in [0.5, 0.6) is 11.8 Å². The van der Waals surface area contributed by atoms with Crippen molar-refractivity contribution in [1.82, 2.24) is 35.9 Å². The summed E-state index contributed by atoms with van der Waals surface area (Å²) in [6, 6.07) is 12.1. The van der Waals surface area contributed by atoms with Gasteiger partial charge in [-0.3, -0.25) is 14.8 Å². The molecule has 3 atom stereocenters. The predicted octanol–water partition coefficient (Wildman–Crippen LogP) is 5.85. The van der Waals surface area contributed by atoms with Crippen LogP contribution in [0.3, 0.4) is 0 Å². The van der Waals surface area contributed by atoms with E-state index in [1.807, 2.05) is 36.4 Å². The van der Waals surface area contributed by atoms with Gasteiger partial charge in [-0.2, -0.15) is 0 Å². The highest BCUT2D eigenvalue weighted by Gasteiger charge is 2.27. The van der Waals surface area contributed by atoms with Gasteiger partial charge in [0.1, 0.15) is 11.4 Å². The highest BCUT2D eigenvalue weighted by molar-refractivity contribution is 6.39. The van der Waals surface area contributed by atoms with Crippen LogP contribution in [0.4, 0.5) is 0 Å². The molecule has 0 radical (unpaired) electrons. The monoisotopic (exact) mass is 661 g/mol. The first-order valence-corrected chi connectivity index (χ1v) is 16.2. The van der Waals surface area contributed by atoms with Gasteiger partial charge in [0, 0.05) is 60.4 Å². The van der Waals surface area contributed by atoms with Crippen molar-refractivity contribution in [1.29, 1.82) is 0 Å². The maximum atomic E-state index is 11.5. The van der Waals surface area contributed by atoms with Crippen molar-refractivity contribution in [3.05, 3.63) is 70.2 Å². The molecule has 10 nitrogen and oxygen atoms in total. The first kappa shape index (κ1) is 32.1. The molecule has 2 aromatic carbocycles. The van der Waals surface area contributed by atoms with E-state index in [-0.39, 0.29) is 11.9 Å². The zero-order valence-electron chi connectivity index (χ0n) is 26.1. The number of halogens is 2. The highest BCUT2D eigenvalue weighted by atomic mass is 35.5. The van der Waals surface area contributed by atoms with Crippen LogP contribution in [0.2, 0.25) is 10.0 Å². The van der Waals surface area contributed by atoms with Crippen molar-refractivity contribution in [2.45, 2.75) is 57.8 Å². The molecule has 12 heteroatoms. The van der Waals surface area contributed by atoms with Gasteiger partial charge in [0.05, 0.1) is 48.0 Å². The fraction of sp³-hybridized carbons (Fsp3) is 0.382. The number of hydrogen-bond donors (Lipinski definition) is 3. The van der Waals surface area contributed by atoms with Gasteiger partial charge >= 0.3 is 0 Å². The van der Waals surface area contributed by atoms with Gasteiger partial charge in [0.25, 0.3) is 0 Å². The Morgan fingerprint density at radius 1 is 0.826 bits per heavy atom. The van der Waals surface area contributed by atoms with Gasteiger partial charge in [-0.15, -0.1) is 0 Å². The maximum absolute atomic E-state index is 11.5. The number of rotatable bonds is 12. The third kappa shape index (κ3) is 6.80. The Bertz CT molecular complexity index is 1740. The summed E-state index contributed by atoms with van der Waals surface area (Å²) < 4.78 is 11.2. The molecule has 0 bridgehead atoms. The molecule has 3 heterocycles. The lowest BCUT2D eigenvalue weighted by atomic mass is 9.81. The molecular weight excluding hydrogens is 625 g/mol. The molecule has 1 amide bonds. The smallest absolute Gasteiger partial charge is 0.237 e. The molecule has 46 heavy (non-hydrogen) atoms. The lowest BCUT2D eigenvalue weighted by Gasteiger charge is -2.34. The van der Waals surface area contributed by atoms with Crippen LogP contribution in [-0.2, 0) is 17.9 Å². The Labute approximate surface area is 278 Å². The Balaban J connectivity index is 1.23. The molecular formula is C34H37Cl2N7O3. The Morgan fingerprint density at radius 2 is 1.39 bits per heavy atom. The summed E-state index contributed by atoms with van der Waals surface area (Å²) in [6.07, 6.45) is 7.22. The van der Waals surface area contributed by atoms with E-state index in [2.05, 4.69) is 32.8 Å². The lowest BCUT2D eigenvalue weighted by Crippen LogP contribution is -2.42. The molecule has 1 aliphatic heterocycles. The van der Waals surface area contributed by atoms with E-state index in [0.29, 0.717) is 88.0 Å². The third-order valence-corrected chi connectivity index (χ3v) is 9.58. The number of benzene rings is 2. The largest absolute Gasteiger partial charge is 0.480 e. The average molecular weight is 663 g/mol. The summed E-state index contributed by atoms with van der Waals surface area (Å²) >= 11 is 14.1. The van der Waals surface area contributed by atoms with Crippen molar-refractivity contribution < 1.29 is 14.3 Å². The second-order valence-electron chi connectivity index (χ2n) is 11.7. The average Bonchev–Trinajstić information content (AvgIpc) is 3.49. The van der Waals surface area contributed by atoms with Crippen LogP contribution < -0.4 is 25.4 Å². The fourth-order valence-corrected chi connectivity index (χ4v) is 6.54. The van der Waals surface area contributed by atoms with Crippen LogP contribution >= 0.6 is 23.2 Å². The number of ether oxygens (including phenoxy) is 2. The molecule has 1 aliphatic carbocycles. The second-order valence-corrected chi connectivity index (χ2v) is 12.5. The predicted molar refractivity (Wildman–Crippen MR) is 179 cm³/mol. The van der Waals surface area contributed by atoms with E-state index >= 15 is 0 Å². The maximum Gasteiger partial charge on any atom is 0.237 e. The zero-order chi connectivity index (χ0) is 32.2. The summed E-state index contributed by atoms with van der Waals surface area (Å²) in [4.78, 5) is 30.3. The minimum atomic E-state index is 0.0883. The van der Waals surface area contributed by atoms with Crippen LogP contribution in [0.25, 0.3) is 33.6 Å². The Hall–Kier alpha value is -3.83. The van der Waals surface area contributed by atoms with E-state index in [1.54, 1.807) is 26.6 Å². The van der Waals surface area contributed by atoms with Crippen LogP contribution in [0.1, 0.15) is 44.0 Å². The van der Waals surface area contributed by atoms with Crippen LogP contribution in [-0.4, -0.2) is 58.7 Å². The number of carbonyl (C=O) groups is 1. The first-order chi connectivity index (χ1) is 22.4. The molecule has 2 aromatic heterocycles. The first-order valence-electron chi connectivity index (χ1n) is 15.5. The molecule has 240 valence electrons. The van der Waals surface area contributed by atoms with Gasteiger partial charge in [-0.05, 0) is 25.2 Å². The quantitative estimate of drug-likeness (QED) is 0.172. The van der Waals surface area contributed by atoms with Crippen LogP contribution in [0, 0.1) is 5.92 Å². The SMILES string of the molecule is COc1nc(-c2cccc(-c3cccc(-c4cnc(CN[C@@H]5CCC5C)c(OC)n4)c3Cl)c2Cl)cnc1CNC[C@@H]1CCC(=O)N1. The van der Waals surface area contributed by atoms with E-state index in [9.17, 15) is 4.79 Å². The van der Waals surface area contributed by atoms with Gasteiger partial charge in [0.2, 0.25) is 17.7 Å². The summed E-state index contributed by atoms with van der Waals surface area (Å²) in [6.45, 7) is 3.94. The third-order valence-electron chi connectivity index (χ3n) is 8.77. The summed E-state index contributed by atoms with van der Waals surface area (Å²) in [7, 11) is 3.16. The number of nitrogens with zero attached hydrogens (tertiary/aromatic N) is 4. The molecule has 2 fully saturated rings. The van der Waals surface area contributed by atoms with E-state index in [1.165, 1.54) is 12.8 Å². The summed E-state index contributed by atoms with van der Waals surface area (Å²) in [5.41, 5.74) is 5.49. The molecule has 3 N–H and O–H groups in total. The number of amides is 1. The van der Waals surface area contributed by atoms with Gasteiger partial charge < -0.3 is 25.4 Å². The molecule has 1 saturated carbocycles. The van der Waals surface area contributed by atoms with Crippen molar-refractivity contribution in [2.24, 2.45) is 5.92 Å². The number of nitrogens with one attached hydrogen (secondary N) is 3. The normalized spacial score (nSPS) is 19.1. The van der Waals surface area contributed by atoms with E-state index in [0.717, 1.165) is 23.2 Å². The zero-order valence-corrected chi connectivity index (χ0v) is 27.6. The van der Waals surface area contributed by atoms with Gasteiger partial charge in [-0.25, -0.2) is 9.97 Å². The van der Waals surface area contributed by atoms with Crippen LogP contribution in [0.15, 0.2) is 48.8 Å². The minimum absolute atomic E-state index is 0.0883. The van der Waals surface area contributed by atoms with Gasteiger partial charge in [-0.1, -0.05) is 66.5 Å². The molecule has 6 rings (SSSR count). The standard InChI is InChI=1S/C34H37Cl2N7O3/c1-19-10-12-25(19)38-18-29-34(46-3)43-27(17-40-29)24-9-5-7-22(32(24)36)21-6-4-8-23(31(21)35)26-16-39-28(33(42-26)45-2)15-37-14-20-11-13-30(44)41-20/h4-9,16-17,19-20,25,37-38H,10-15,18H2,1-3H3,(H,41,44)/t19?,20-,25+/m0/s1. The highest BCUT2D eigenvalue weighted by Crippen LogP contribution is 2.42. The topological polar surface area (TPSA) is 123 Å². The van der Waals surface area contributed by atoms with Gasteiger partial charge in [0.15, 0.2) is 0 Å². The number of carbonyl (C=O) groups excluding carboxylic acids is 1. The molecule has 1 saturated heterocycles. The Kier molecular flexibility index (Phi) is 9.98. The Morgan fingerprint density at radius 3 is 1.87 bits per heavy atom. The molecule has 0 spiro atoms. The van der Waals surface area contributed by atoms with Crippen molar-refractivity contribution in [3.8, 4) is 45.4 Å². The molecule has 2 aliphatic rings. The molecule has 4 aromatic rings. The second kappa shape index (κ2) is 14.3. The van der Waals surface area contributed by atoms with Crippen molar-refractivity contribution >= 4 is 29.1 Å². The van der Waals surface area contributed by atoms with E-state index in [4.69, 9.17) is 42.6 Å². The number of aromatic nitrogens is 4. The number of hydrogen-bond acceptors (Lipinski definition) is 9. The lowest BCUT2D eigenvalue weighted by molar-refractivity contribution is -0.119. The van der Waals surface area contributed by atoms with Crippen molar-refractivity contribution in [2.75, 3.05) is 20.8 Å². The minimum Gasteiger partial charge on any atom is -0.480 e. The van der Waals surface area contributed by atoms with Crippen molar-refractivity contribution in [3.63, 3.8) is 0 Å². The van der Waals surface area contributed by atoms with E-state index < -0.39 is 0 Å². The summed E-state index contributed by atoms with van der Waals surface area (Å²) in [5.74, 6) is 1.62. The summed E-state index contributed by atoms with van der Waals surface area (Å²) in [5, 5.41) is 10.8. The fourth-order valence-electron chi connectivity index (χ4n) is 5.89. The molecule has 1 unspecified atom stereocenters. The number of methoxy groups -OCH3 is 2.